The van der Waals surface area contributed by atoms with E-state index >= 15 is 0 Å². The highest BCUT2D eigenvalue weighted by Crippen LogP contribution is 2.28. The van der Waals surface area contributed by atoms with Crippen molar-refractivity contribution in [1.29, 1.82) is 0 Å². The van der Waals surface area contributed by atoms with Crippen LogP contribution >= 0.6 is 0 Å². The molecule has 1 aromatic carbocycles. The number of methoxy groups -OCH3 is 1. The molecule has 3 N–H and O–H groups in total. The lowest BCUT2D eigenvalue weighted by Crippen LogP contribution is -2.36. The highest BCUT2D eigenvalue weighted by molar-refractivity contribution is 5.77. The van der Waals surface area contributed by atoms with E-state index in [2.05, 4.69) is 0 Å². The van der Waals surface area contributed by atoms with Gasteiger partial charge in [0.1, 0.15) is 6.54 Å². The molecule has 0 saturated carbocycles. The lowest BCUT2D eigenvalue weighted by atomic mass is 10.1. The molecule has 118 valence electrons. The van der Waals surface area contributed by atoms with Gasteiger partial charge in [0.05, 0.1) is 7.11 Å². The van der Waals surface area contributed by atoms with Crippen molar-refractivity contribution in [2.45, 2.75) is 12.6 Å². The highest BCUT2D eigenvalue weighted by atomic mass is 19.4. The number of alkyl halides is 3. The zero-order valence-corrected chi connectivity index (χ0v) is 11.5. The Morgan fingerprint density at radius 1 is 1.33 bits per heavy atom. The molecule has 1 amide bonds. The quantitative estimate of drug-likeness (QED) is 0.795. The van der Waals surface area contributed by atoms with E-state index in [9.17, 15) is 18.0 Å². The average molecular weight is 306 g/mol. The largest absolute Gasteiger partial charge is 0.493 e. The standard InChI is InChI=1S/C13H17F3N2O3/c1-20-10-3-2-9(4-5-17)6-11(10)21-7-12(19)18-8-13(14,15)16/h2-3,6H,4-5,7-8,17H2,1H3,(H,18,19). The van der Waals surface area contributed by atoms with Crippen LogP contribution in [-0.4, -0.2) is 38.9 Å². The zero-order valence-electron chi connectivity index (χ0n) is 11.5. The summed E-state index contributed by atoms with van der Waals surface area (Å²) in [7, 11) is 1.43. The lowest BCUT2D eigenvalue weighted by Gasteiger charge is -2.13. The van der Waals surface area contributed by atoms with Gasteiger partial charge in [-0.25, -0.2) is 0 Å². The Hall–Kier alpha value is -1.96. The second kappa shape index (κ2) is 7.72. The number of nitrogens with one attached hydrogen (secondary N) is 1. The number of rotatable bonds is 7. The molecule has 0 bridgehead atoms. The van der Waals surface area contributed by atoms with Gasteiger partial charge in [-0.15, -0.1) is 0 Å². The SMILES string of the molecule is COc1ccc(CCN)cc1OCC(=O)NCC(F)(F)F. The Morgan fingerprint density at radius 2 is 2.05 bits per heavy atom. The highest BCUT2D eigenvalue weighted by Gasteiger charge is 2.27. The molecule has 0 atom stereocenters. The van der Waals surface area contributed by atoms with Gasteiger partial charge in [-0.05, 0) is 30.7 Å². The van der Waals surface area contributed by atoms with Crippen LogP contribution < -0.4 is 20.5 Å². The van der Waals surface area contributed by atoms with Crippen LogP contribution in [0.1, 0.15) is 5.56 Å². The molecule has 0 spiro atoms. The van der Waals surface area contributed by atoms with E-state index in [0.717, 1.165) is 5.56 Å². The molecular formula is C13H17F3N2O3. The number of benzene rings is 1. The molecule has 0 aliphatic heterocycles. The minimum Gasteiger partial charge on any atom is -0.493 e. The van der Waals surface area contributed by atoms with Gasteiger partial charge in [0, 0.05) is 0 Å². The van der Waals surface area contributed by atoms with Crippen LogP contribution in [0.5, 0.6) is 11.5 Å². The minimum atomic E-state index is -4.45. The number of hydrogen-bond acceptors (Lipinski definition) is 4. The van der Waals surface area contributed by atoms with Crippen molar-refractivity contribution >= 4 is 5.91 Å². The molecule has 1 rings (SSSR count). The molecule has 0 aliphatic rings. The van der Waals surface area contributed by atoms with Crippen molar-refractivity contribution in [3.05, 3.63) is 23.8 Å². The van der Waals surface area contributed by atoms with Crippen LogP contribution in [0.3, 0.4) is 0 Å². The Kier molecular flexibility index (Phi) is 6.29. The summed E-state index contributed by atoms with van der Waals surface area (Å²) in [5.74, 6) is -0.191. The van der Waals surface area contributed by atoms with Gasteiger partial charge in [0.15, 0.2) is 18.1 Å². The van der Waals surface area contributed by atoms with Gasteiger partial charge in [0.25, 0.3) is 5.91 Å². The van der Waals surface area contributed by atoms with E-state index in [1.807, 2.05) is 0 Å². The van der Waals surface area contributed by atoms with Gasteiger partial charge in [-0.2, -0.15) is 13.2 Å². The van der Waals surface area contributed by atoms with Gasteiger partial charge >= 0.3 is 6.18 Å². The number of amides is 1. The Bertz CT molecular complexity index is 478. The van der Waals surface area contributed by atoms with Crippen molar-refractivity contribution in [2.24, 2.45) is 5.73 Å². The van der Waals surface area contributed by atoms with Crippen molar-refractivity contribution in [3.63, 3.8) is 0 Å². The van der Waals surface area contributed by atoms with Gasteiger partial charge in [-0.3, -0.25) is 4.79 Å². The second-order valence-electron chi connectivity index (χ2n) is 4.20. The van der Waals surface area contributed by atoms with Crippen LogP contribution in [0.2, 0.25) is 0 Å². The van der Waals surface area contributed by atoms with E-state index in [1.54, 1.807) is 23.5 Å². The summed E-state index contributed by atoms with van der Waals surface area (Å²) in [6.45, 7) is -1.48. The maximum absolute atomic E-state index is 11.9. The van der Waals surface area contributed by atoms with Crippen molar-refractivity contribution in [3.8, 4) is 11.5 Å². The van der Waals surface area contributed by atoms with Gasteiger partial charge in [-0.1, -0.05) is 6.07 Å². The molecule has 8 heteroatoms. The smallest absolute Gasteiger partial charge is 0.405 e. The fraction of sp³-hybridized carbons (Fsp3) is 0.462. The predicted octanol–water partition coefficient (Wildman–Crippen LogP) is 1.25. The molecular weight excluding hydrogens is 289 g/mol. The fourth-order valence-electron chi connectivity index (χ4n) is 1.55. The van der Waals surface area contributed by atoms with Crippen LogP contribution in [0, 0.1) is 0 Å². The topological polar surface area (TPSA) is 73.6 Å². The Morgan fingerprint density at radius 3 is 2.62 bits per heavy atom. The summed E-state index contributed by atoms with van der Waals surface area (Å²) in [6.07, 6.45) is -3.84. The van der Waals surface area contributed by atoms with E-state index in [-0.39, 0.29) is 5.75 Å². The summed E-state index contributed by atoms with van der Waals surface area (Å²) >= 11 is 0. The molecule has 0 heterocycles. The van der Waals surface area contributed by atoms with E-state index in [1.165, 1.54) is 7.11 Å². The first kappa shape index (κ1) is 17.1. The first-order chi connectivity index (χ1) is 9.85. The number of carbonyl (C=O) groups is 1. The molecule has 21 heavy (non-hydrogen) atoms. The predicted molar refractivity (Wildman–Crippen MR) is 70.3 cm³/mol. The number of hydrogen-bond donors (Lipinski definition) is 2. The monoisotopic (exact) mass is 306 g/mol. The average Bonchev–Trinajstić information content (AvgIpc) is 2.42. The molecule has 0 radical (unpaired) electrons. The molecule has 0 fully saturated rings. The lowest BCUT2D eigenvalue weighted by molar-refractivity contribution is -0.139. The van der Waals surface area contributed by atoms with Crippen LogP contribution in [0.4, 0.5) is 13.2 Å². The minimum absolute atomic E-state index is 0.283. The molecule has 0 aromatic heterocycles. The number of ether oxygens (including phenoxy) is 2. The Labute approximate surface area is 120 Å². The number of carbonyl (C=O) groups excluding carboxylic acids is 1. The third-order valence-corrected chi connectivity index (χ3v) is 2.51. The summed E-state index contributed by atoms with van der Waals surface area (Å²) in [6, 6.07) is 5.08. The van der Waals surface area contributed by atoms with Gasteiger partial charge in [0.2, 0.25) is 0 Å². The van der Waals surface area contributed by atoms with E-state index < -0.39 is 25.2 Å². The summed E-state index contributed by atoms with van der Waals surface area (Å²) in [4.78, 5) is 11.3. The van der Waals surface area contributed by atoms with E-state index in [0.29, 0.717) is 18.7 Å². The molecule has 5 nitrogen and oxygen atoms in total. The Balaban J connectivity index is 2.60. The fourth-order valence-corrected chi connectivity index (χ4v) is 1.55. The molecule has 0 saturated heterocycles. The van der Waals surface area contributed by atoms with E-state index in [4.69, 9.17) is 15.2 Å². The first-order valence-electron chi connectivity index (χ1n) is 6.19. The summed E-state index contributed by atoms with van der Waals surface area (Å²) in [5.41, 5.74) is 6.32. The number of halogens is 3. The van der Waals surface area contributed by atoms with Crippen LogP contribution in [0.15, 0.2) is 18.2 Å². The van der Waals surface area contributed by atoms with Crippen molar-refractivity contribution in [1.82, 2.24) is 5.32 Å². The van der Waals surface area contributed by atoms with Crippen LogP contribution in [-0.2, 0) is 11.2 Å². The second-order valence-corrected chi connectivity index (χ2v) is 4.20. The van der Waals surface area contributed by atoms with Gasteiger partial charge < -0.3 is 20.5 Å². The summed E-state index contributed by atoms with van der Waals surface area (Å²) in [5, 5.41) is 1.72. The molecule has 0 unspecified atom stereocenters. The normalized spacial score (nSPS) is 11.1. The van der Waals surface area contributed by atoms with Crippen molar-refractivity contribution < 1.29 is 27.4 Å². The third-order valence-electron chi connectivity index (χ3n) is 2.51. The maximum Gasteiger partial charge on any atom is 0.405 e. The maximum atomic E-state index is 11.9. The zero-order chi connectivity index (χ0) is 15.9. The summed E-state index contributed by atoms with van der Waals surface area (Å²) < 4.78 is 46.1. The number of nitrogens with two attached hydrogens (primary N) is 1. The van der Waals surface area contributed by atoms with Crippen molar-refractivity contribution in [2.75, 3.05) is 26.8 Å². The molecule has 0 aliphatic carbocycles. The first-order valence-corrected chi connectivity index (χ1v) is 6.19. The molecule has 1 aromatic rings. The van der Waals surface area contributed by atoms with Crippen LogP contribution in [0.25, 0.3) is 0 Å². The third kappa shape index (κ3) is 6.35.